The molecular formula is C38H41N3O6. The Labute approximate surface area is 276 Å². The van der Waals surface area contributed by atoms with Crippen molar-refractivity contribution in [3.05, 3.63) is 126 Å². The molecule has 9 heteroatoms. The van der Waals surface area contributed by atoms with E-state index < -0.39 is 23.8 Å². The van der Waals surface area contributed by atoms with Gasteiger partial charge in [0.15, 0.2) is 5.82 Å². The highest BCUT2D eigenvalue weighted by Crippen LogP contribution is 2.40. The zero-order valence-corrected chi connectivity index (χ0v) is 27.3. The molecule has 3 aromatic carbocycles. The summed E-state index contributed by atoms with van der Waals surface area (Å²) >= 11 is 0. The zero-order chi connectivity index (χ0) is 33.6. The van der Waals surface area contributed by atoms with Gasteiger partial charge in [-0.1, -0.05) is 73.3 Å². The number of ether oxygens (including phenoxy) is 3. The van der Waals surface area contributed by atoms with E-state index in [1.807, 2.05) is 106 Å². The molecule has 1 aromatic heterocycles. The first-order chi connectivity index (χ1) is 22.5. The molecule has 1 aliphatic rings. The topological polar surface area (TPSA) is 101 Å². The van der Waals surface area contributed by atoms with Gasteiger partial charge in [0.05, 0.1) is 38.4 Å². The van der Waals surface area contributed by atoms with E-state index in [4.69, 9.17) is 19.2 Å². The minimum absolute atomic E-state index is 0.0794. The summed E-state index contributed by atoms with van der Waals surface area (Å²) in [6, 6.07) is 28.4. The van der Waals surface area contributed by atoms with E-state index in [2.05, 4.69) is 11.5 Å². The van der Waals surface area contributed by atoms with Crippen molar-refractivity contribution in [1.29, 1.82) is 0 Å². The van der Waals surface area contributed by atoms with E-state index in [0.717, 1.165) is 22.4 Å². The highest BCUT2D eigenvalue weighted by molar-refractivity contribution is 5.93. The summed E-state index contributed by atoms with van der Waals surface area (Å²) in [4.78, 5) is 33.7. The lowest BCUT2D eigenvalue weighted by atomic mass is 9.96. The maximum Gasteiger partial charge on any atom is 0.415 e. The predicted molar refractivity (Wildman–Crippen MR) is 183 cm³/mol. The molecule has 2 atom stereocenters. The van der Waals surface area contributed by atoms with Crippen LogP contribution in [0.5, 0.6) is 5.75 Å². The van der Waals surface area contributed by atoms with Crippen LogP contribution in [0.25, 0.3) is 5.57 Å². The van der Waals surface area contributed by atoms with Crippen LogP contribution in [0.1, 0.15) is 49.1 Å². The summed E-state index contributed by atoms with van der Waals surface area (Å²) in [7, 11) is 1.64. The SMILES string of the molecule is C=C(CO[C@@H](c1ccccc1)[C@H]1CN(C(=O)OC(C)(C)C)c2cccnc2N1Cc1ccc(OC)cc1)c1cccc(CC(=O)O)c1. The number of carboxylic acids is 1. The van der Waals surface area contributed by atoms with Crippen molar-refractivity contribution in [2.75, 3.05) is 30.1 Å². The average molecular weight is 636 g/mol. The van der Waals surface area contributed by atoms with E-state index in [1.165, 1.54) is 0 Å². The molecule has 0 saturated heterocycles. The largest absolute Gasteiger partial charge is 0.497 e. The van der Waals surface area contributed by atoms with E-state index in [9.17, 15) is 14.7 Å². The first-order valence-corrected chi connectivity index (χ1v) is 15.5. The van der Waals surface area contributed by atoms with E-state index in [1.54, 1.807) is 24.3 Å². The number of carbonyl (C=O) groups excluding carboxylic acids is 1. The molecule has 9 nitrogen and oxygen atoms in total. The van der Waals surface area contributed by atoms with Gasteiger partial charge in [0.2, 0.25) is 0 Å². The Kier molecular flexibility index (Phi) is 10.3. The van der Waals surface area contributed by atoms with E-state index >= 15 is 0 Å². The molecule has 2 heterocycles. The summed E-state index contributed by atoms with van der Waals surface area (Å²) in [5.74, 6) is 0.496. The number of benzene rings is 3. The molecule has 244 valence electrons. The number of hydrogen-bond acceptors (Lipinski definition) is 7. The quantitative estimate of drug-likeness (QED) is 0.183. The summed E-state index contributed by atoms with van der Waals surface area (Å²) in [5.41, 5.74) is 4.10. The number of rotatable bonds is 11. The predicted octanol–water partition coefficient (Wildman–Crippen LogP) is 7.32. The standard InChI is InChI=1S/C38H41N3O6/c1-26(30-14-9-11-28(21-30)22-34(42)43)25-46-35(29-12-7-6-8-13-29)33-24-41(37(44)47-38(2,3)4)32-15-10-20-39-36(32)40(33)23-27-16-18-31(45-5)19-17-27/h6-21,33,35H,1,22-25H2,2-5H3,(H,42,43)/t33-,35+/m1/s1. The van der Waals surface area contributed by atoms with Crippen LogP contribution in [0.15, 0.2) is 104 Å². The number of anilines is 2. The Morgan fingerprint density at radius 2 is 1.72 bits per heavy atom. The number of methoxy groups -OCH3 is 1. The molecule has 4 aromatic rings. The van der Waals surface area contributed by atoms with Gasteiger partial charge in [0.1, 0.15) is 17.5 Å². The zero-order valence-electron chi connectivity index (χ0n) is 27.3. The van der Waals surface area contributed by atoms with Crippen LogP contribution in [-0.4, -0.2) is 54.1 Å². The summed E-state index contributed by atoms with van der Waals surface area (Å²) in [6.45, 7) is 10.8. The third kappa shape index (κ3) is 8.37. The molecule has 0 bridgehead atoms. The Morgan fingerprint density at radius 3 is 2.40 bits per heavy atom. The minimum Gasteiger partial charge on any atom is -0.497 e. The lowest BCUT2D eigenvalue weighted by Gasteiger charge is -2.45. The number of carbonyl (C=O) groups is 2. The van der Waals surface area contributed by atoms with Gasteiger partial charge in [-0.25, -0.2) is 9.78 Å². The molecule has 0 unspecified atom stereocenters. The van der Waals surface area contributed by atoms with Crippen LogP contribution in [0.2, 0.25) is 0 Å². The number of hydrogen-bond donors (Lipinski definition) is 1. The molecule has 5 rings (SSSR count). The van der Waals surface area contributed by atoms with E-state index in [-0.39, 0.29) is 25.6 Å². The molecule has 1 aliphatic heterocycles. The van der Waals surface area contributed by atoms with Gasteiger partial charge in [0, 0.05) is 12.7 Å². The van der Waals surface area contributed by atoms with Crippen LogP contribution >= 0.6 is 0 Å². The highest BCUT2D eigenvalue weighted by atomic mass is 16.6. The van der Waals surface area contributed by atoms with Gasteiger partial charge in [-0.15, -0.1) is 0 Å². The van der Waals surface area contributed by atoms with Crippen molar-refractivity contribution >= 4 is 29.1 Å². The molecule has 47 heavy (non-hydrogen) atoms. The second kappa shape index (κ2) is 14.5. The molecule has 0 aliphatic carbocycles. The second-order valence-corrected chi connectivity index (χ2v) is 12.5. The fraction of sp³-hybridized carbons (Fsp3) is 0.289. The second-order valence-electron chi connectivity index (χ2n) is 12.5. The molecule has 0 spiro atoms. The number of pyridine rings is 1. The van der Waals surface area contributed by atoms with Gasteiger partial charge in [-0.2, -0.15) is 0 Å². The van der Waals surface area contributed by atoms with Crippen molar-refractivity contribution in [3.8, 4) is 5.75 Å². The Morgan fingerprint density at radius 1 is 0.979 bits per heavy atom. The van der Waals surface area contributed by atoms with Crippen LogP contribution < -0.4 is 14.5 Å². The highest BCUT2D eigenvalue weighted by Gasteiger charge is 2.41. The maximum absolute atomic E-state index is 13.7. The molecule has 0 saturated carbocycles. The third-order valence-corrected chi connectivity index (χ3v) is 7.83. The first-order valence-electron chi connectivity index (χ1n) is 15.5. The fourth-order valence-electron chi connectivity index (χ4n) is 5.65. The Balaban J connectivity index is 1.54. The van der Waals surface area contributed by atoms with Crippen LogP contribution in [0, 0.1) is 0 Å². The number of aromatic nitrogens is 1. The Hall–Kier alpha value is -5.15. The molecule has 0 radical (unpaired) electrons. The lowest BCUT2D eigenvalue weighted by molar-refractivity contribution is -0.136. The number of amides is 1. The fourth-order valence-corrected chi connectivity index (χ4v) is 5.65. The van der Waals surface area contributed by atoms with Gasteiger partial charge < -0.3 is 24.2 Å². The summed E-state index contributed by atoms with van der Waals surface area (Å²) in [5, 5.41) is 9.29. The van der Waals surface area contributed by atoms with Crippen molar-refractivity contribution in [2.45, 2.75) is 51.5 Å². The third-order valence-electron chi connectivity index (χ3n) is 7.83. The first kappa shape index (κ1) is 33.2. The monoisotopic (exact) mass is 635 g/mol. The maximum atomic E-state index is 13.7. The van der Waals surface area contributed by atoms with Crippen molar-refractivity contribution in [3.63, 3.8) is 0 Å². The number of carboxylic acid groups (broad SMARTS) is 1. The van der Waals surface area contributed by atoms with Gasteiger partial charge in [-0.3, -0.25) is 9.69 Å². The number of nitrogens with zero attached hydrogens (tertiary/aromatic N) is 3. The molecule has 0 fully saturated rings. The minimum atomic E-state index is -0.897. The van der Waals surface area contributed by atoms with Crippen molar-refractivity contribution < 1.29 is 28.9 Å². The molecular weight excluding hydrogens is 594 g/mol. The molecule has 1 amide bonds. The lowest BCUT2D eigenvalue weighted by Crippen LogP contribution is -2.54. The van der Waals surface area contributed by atoms with Crippen LogP contribution in [0.3, 0.4) is 0 Å². The average Bonchev–Trinajstić information content (AvgIpc) is 3.05. The summed E-state index contributed by atoms with van der Waals surface area (Å²) < 4.78 is 18.0. The van der Waals surface area contributed by atoms with Crippen molar-refractivity contribution in [1.82, 2.24) is 4.98 Å². The van der Waals surface area contributed by atoms with Crippen LogP contribution in [0.4, 0.5) is 16.3 Å². The van der Waals surface area contributed by atoms with Crippen molar-refractivity contribution in [2.24, 2.45) is 0 Å². The number of aliphatic carboxylic acids is 1. The normalized spacial score (nSPS) is 15.0. The Bertz CT molecular complexity index is 1700. The molecule has 1 N–H and O–H groups in total. The summed E-state index contributed by atoms with van der Waals surface area (Å²) in [6.07, 6.45) is 0.657. The van der Waals surface area contributed by atoms with E-state index in [0.29, 0.717) is 29.2 Å². The van der Waals surface area contributed by atoms with Gasteiger partial charge >= 0.3 is 12.1 Å². The van der Waals surface area contributed by atoms with Crippen LogP contribution in [-0.2, 0) is 27.2 Å². The number of fused-ring (bicyclic) bond motifs is 1. The smallest absolute Gasteiger partial charge is 0.415 e. The van der Waals surface area contributed by atoms with Gasteiger partial charge in [-0.05, 0) is 72.9 Å². The van der Waals surface area contributed by atoms with Gasteiger partial charge in [0.25, 0.3) is 0 Å².